The second kappa shape index (κ2) is 4.60. The second-order valence-corrected chi connectivity index (χ2v) is 6.46. The Hall–Kier alpha value is -1.80. The van der Waals surface area contributed by atoms with E-state index in [1.54, 1.807) is 0 Å². The Morgan fingerprint density at radius 1 is 1.10 bits per heavy atom. The van der Waals surface area contributed by atoms with Gasteiger partial charge >= 0.3 is 0 Å². The molecule has 0 radical (unpaired) electrons. The third-order valence-corrected chi connectivity index (χ3v) is 5.05. The lowest BCUT2D eigenvalue weighted by Gasteiger charge is -2.42. The molecule has 4 rings (SSSR count). The average Bonchev–Trinajstić information content (AvgIpc) is 2.83. The van der Waals surface area contributed by atoms with E-state index in [9.17, 15) is 0 Å². The number of para-hydroxylation sites is 1. The molecular weight excluding hydrogens is 258 g/mol. The number of aryl methyl sites for hydroxylation is 1. The van der Waals surface area contributed by atoms with Crippen molar-refractivity contribution in [1.29, 1.82) is 0 Å². The highest BCUT2D eigenvalue weighted by atomic mass is 16.5. The van der Waals surface area contributed by atoms with Crippen LogP contribution in [0.25, 0.3) is 0 Å². The van der Waals surface area contributed by atoms with E-state index < -0.39 is 0 Å². The zero-order chi connectivity index (χ0) is 14.4. The van der Waals surface area contributed by atoms with E-state index in [1.807, 2.05) is 0 Å². The van der Waals surface area contributed by atoms with Gasteiger partial charge in [-0.1, -0.05) is 48.0 Å². The van der Waals surface area contributed by atoms with Gasteiger partial charge in [0.2, 0.25) is 0 Å². The first-order chi connectivity index (χ1) is 10.2. The molecule has 2 aliphatic rings. The van der Waals surface area contributed by atoms with Crippen molar-refractivity contribution < 1.29 is 4.74 Å². The van der Waals surface area contributed by atoms with Crippen LogP contribution in [0, 0.1) is 6.92 Å². The molecule has 0 saturated carbocycles. The molecule has 108 valence electrons. The fourth-order valence-electron chi connectivity index (χ4n) is 3.85. The predicted molar refractivity (Wildman–Crippen MR) is 84.8 cm³/mol. The molecule has 2 aromatic carbocycles. The number of likely N-dealkylation sites (tertiary alicyclic amines) is 1. The maximum atomic E-state index is 6.55. The molecule has 2 heteroatoms. The third kappa shape index (κ3) is 1.90. The standard InChI is InChI=1S/C19H21NO/c1-14-7-9-15(10-8-14)19-11-12-20(2)13-17(19)16-5-3-4-6-18(16)21-19/h3-10,17H,11-13H2,1-2H3/t17-,19+/m1/s1. The molecule has 0 unspecified atom stereocenters. The monoisotopic (exact) mass is 279 g/mol. The van der Waals surface area contributed by atoms with E-state index in [1.165, 1.54) is 16.7 Å². The van der Waals surface area contributed by atoms with Gasteiger partial charge in [0, 0.05) is 31.0 Å². The number of hydrogen-bond donors (Lipinski definition) is 0. The van der Waals surface area contributed by atoms with Gasteiger partial charge in [0.15, 0.2) is 0 Å². The van der Waals surface area contributed by atoms with Gasteiger partial charge in [0.1, 0.15) is 11.4 Å². The zero-order valence-corrected chi connectivity index (χ0v) is 12.7. The summed E-state index contributed by atoms with van der Waals surface area (Å²) in [5, 5.41) is 0. The molecule has 21 heavy (non-hydrogen) atoms. The van der Waals surface area contributed by atoms with Crippen LogP contribution >= 0.6 is 0 Å². The number of piperidine rings is 1. The van der Waals surface area contributed by atoms with Crippen LogP contribution in [0.3, 0.4) is 0 Å². The number of rotatable bonds is 1. The summed E-state index contributed by atoms with van der Waals surface area (Å²) in [4.78, 5) is 2.42. The number of likely N-dealkylation sites (N-methyl/N-ethyl adjacent to an activating group) is 1. The van der Waals surface area contributed by atoms with Crippen LogP contribution in [-0.4, -0.2) is 25.0 Å². The Morgan fingerprint density at radius 2 is 1.86 bits per heavy atom. The van der Waals surface area contributed by atoms with Gasteiger partial charge in [-0.3, -0.25) is 0 Å². The predicted octanol–water partition coefficient (Wildman–Crippen LogP) is 3.70. The van der Waals surface area contributed by atoms with Gasteiger partial charge < -0.3 is 9.64 Å². The molecule has 2 nitrogen and oxygen atoms in total. The Kier molecular flexibility index (Phi) is 2.83. The Morgan fingerprint density at radius 3 is 2.67 bits per heavy atom. The van der Waals surface area contributed by atoms with Crippen LogP contribution in [0.1, 0.15) is 29.0 Å². The van der Waals surface area contributed by atoms with Crippen molar-refractivity contribution in [3.8, 4) is 5.75 Å². The molecule has 2 heterocycles. The van der Waals surface area contributed by atoms with E-state index >= 15 is 0 Å². The summed E-state index contributed by atoms with van der Waals surface area (Å²) < 4.78 is 6.55. The summed E-state index contributed by atoms with van der Waals surface area (Å²) in [6.45, 7) is 4.28. The third-order valence-electron chi connectivity index (χ3n) is 5.05. The van der Waals surface area contributed by atoms with E-state index in [2.05, 4.69) is 67.4 Å². The van der Waals surface area contributed by atoms with Gasteiger partial charge in [-0.2, -0.15) is 0 Å². The molecule has 1 saturated heterocycles. The zero-order valence-electron chi connectivity index (χ0n) is 12.7. The minimum atomic E-state index is -0.177. The summed E-state index contributed by atoms with van der Waals surface area (Å²) in [5.74, 6) is 1.49. The maximum absolute atomic E-state index is 6.55. The van der Waals surface area contributed by atoms with Crippen molar-refractivity contribution >= 4 is 0 Å². The second-order valence-electron chi connectivity index (χ2n) is 6.46. The summed E-state index contributed by atoms with van der Waals surface area (Å²) >= 11 is 0. The van der Waals surface area contributed by atoms with E-state index in [4.69, 9.17) is 4.74 Å². The van der Waals surface area contributed by atoms with Gasteiger partial charge in [0.25, 0.3) is 0 Å². The van der Waals surface area contributed by atoms with Crippen molar-refractivity contribution in [3.63, 3.8) is 0 Å². The summed E-state index contributed by atoms with van der Waals surface area (Å²) in [6.07, 6.45) is 1.05. The Balaban J connectivity index is 1.84. The van der Waals surface area contributed by atoms with E-state index in [0.717, 1.165) is 25.3 Å². The lowest BCUT2D eigenvalue weighted by atomic mass is 9.74. The summed E-state index contributed by atoms with van der Waals surface area (Å²) in [6, 6.07) is 17.4. The Bertz CT molecular complexity index is 664. The summed E-state index contributed by atoms with van der Waals surface area (Å²) in [5.41, 5.74) is 3.81. The van der Waals surface area contributed by atoms with Crippen molar-refractivity contribution in [1.82, 2.24) is 4.90 Å². The molecule has 2 aromatic rings. The van der Waals surface area contributed by atoms with Crippen LogP contribution in [0.2, 0.25) is 0 Å². The van der Waals surface area contributed by atoms with Crippen LogP contribution in [0.5, 0.6) is 5.75 Å². The minimum absolute atomic E-state index is 0.177. The van der Waals surface area contributed by atoms with E-state index in [0.29, 0.717) is 5.92 Å². The smallest absolute Gasteiger partial charge is 0.143 e. The topological polar surface area (TPSA) is 12.5 Å². The quantitative estimate of drug-likeness (QED) is 0.789. The molecule has 2 atom stereocenters. The number of nitrogens with zero attached hydrogens (tertiary/aromatic N) is 1. The normalized spacial score (nSPS) is 27.8. The highest BCUT2D eigenvalue weighted by molar-refractivity contribution is 5.47. The molecule has 0 spiro atoms. The van der Waals surface area contributed by atoms with Crippen molar-refractivity contribution in [3.05, 3.63) is 65.2 Å². The molecule has 0 aliphatic carbocycles. The highest BCUT2D eigenvalue weighted by Gasteiger charge is 2.51. The number of hydrogen-bond acceptors (Lipinski definition) is 2. The lowest BCUT2D eigenvalue weighted by Crippen LogP contribution is -2.47. The molecule has 2 aliphatic heterocycles. The molecular formula is C19H21NO. The lowest BCUT2D eigenvalue weighted by molar-refractivity contribution is 0.00702. The highest BCUT2D eigenvalue weighted by Crippen LogP contribution is 2.54. The fraction of sp³-hybridized carbons (Fsp3) is 0.368. The van der Waals surface area contributed by atoms with E-state index in [-0.39, 0.29) is 5.60 Å². The van der Waals surface area contributed by atoms with Crippen LogP contribution in [0.15, 0.2) is 48.5 Å². The molecule has 0 N–H and O–H groups in total. The Labute approximate surface area is 126 Å². The van der Waals surface area contributed by atoms with Crippen LogP contribution in [-0.2, 0) is 5.60 Å². The molecule has 0 aromatic heterocycles. The van der Waals surface area contributed by atoms with Gasteiger partial charge in [0.05, 0.1) is 0 Å². The number of ether oxygens (including phenoxy) is 1. The van der Waals surface area contributed by atoms with Crippen LogP contribution in [0.4, 0.5) is 0 Å². The van der Waals surface area contributed by atoms with Crippen molar-refractivity contribution in [2.24, 2.45) is 0 Å². The number of fused-ring (bicyclic) bond motifs is 3. The largest absolute Gasteiger partial charge is 0.482 e. The van der Waals surface area contributed by atoms with Crippen LogP contribution < -0.4 is 4.74 Å². The molecule has 0 amide bonds. The molecule has 0 bridgehead atoms. The first-order valence-electron chi connectivity index (χ1n) is 7.73. The van der Waals surface area contributed by atoms with Crippen molar-refractivity contribution in [2.45, 2.75) is 24.9 Å². The first kappa shape index (κ1) is 12.9. The summed E-state index contributed by atoms with van der Waals surface area (Å²) in [7, 11) is 2.21. The minimum Gasteiger partial charge on any atom is -0.482 e. The van der Waals surface area contributed by atoms with Gasteiger partial charge in [-0.05, 0) is 25.6 Å². The van der Waals surface area contributed by atoms with Gasteiger partial charge in [-0.15, -0.1) is 0 Å². The fourth-order valence-corrected chi connectivity index (χ4v) is 3.85. The van der Waals surface area contributed by atoms with Crippen molar-refractivity contribution in [2.75, 3.05) is 20.1 Å². The van der Waals surface area contributed by atoms with Gasteiger partial charge in [-0.25, -0.2) is 0 Å². The maximum Gasteiger partial charge on any atom is 0.143 e. The SMILES string of the molecule is Cc1ccc([C@@]23CCN(C)C[C@@H]2c2ccccc2O3)cc1. The number of benzene rings is 2. The first-order valence-corrected chi connectivity index (χ1v) is 7.73. The average molecular weight is 279 g/mol. The molecule has 1 fully saturated rings.